The molecule has 3 nitrogen and oxygen atoms in total. The van der Waals surface area contributed by atoms with Gasteiger partial charge in [-0.2, -0.15) is 18.3 Å². The Balaban J connectivity index is 1.97. The predicted octanol–water partition coefficient (Wildman–Crippen LogP) is 3.07. The maximum Gasteiger partial charge on any atom is 0.416 e. The van der Waals surface area contributed by atoms with Gasteiger partial charge in [-0.3, -0.25) is 4.68 Å². The zero-order chi connectivity index (χ0) is 14.8. The minimum absolute atomic E-state index is 0.280. The Kier molecular flexibility index (Phi) is 4.13. The molecular weight excluding hydrogens is 267 g/mol. The fourth-order valence-electron chi connectivity index (χ4n) is 2.01. The first-order valence-electron chi connectivity index (χ1n) is 6.26. The quantitative estimate of drug-likeness (QED) is 0.937. The second kappa shape index (κ2) is 5.66. The topological polar surface area (TPSA) is 43.8 Å². The molecule has 1 unspecified atom stereocenters. The second-order valence-corrected chi connectivity index (χ2v) is 4.79. The molecule has 0 radical (unpaired) electrons. The van der Waals surface area contributed by atoms with E-state index >= 15 is 0 Å². The zero-order valence-electron chi connectivity index (χ0n) is 11.1. The lowest BCUT2D eigenvalue weighted by Gasteiger charge is -2.13. The number of rotatable bonds is 4. The highest BCUT2D eigenvalue weighted by Gasteiger charge is 2.30. The molecule has 1 aromatic carbocycles. The van der Waals surface area contributed by atoms with Crippen molar-refractivity contribution < 1.29 is 13.2 Å². The van der Waals surface area contributed by atoms with Gasteiger partial charge in [0.25, 0.3) is 0 Å². The average molecular weight is 283 g/mol. The Morgan fingerprint density at radius 2 is 1.90 bits per heavy atom. The molecule has 1 atom stereocenters. The van der Waals surface area contributed by atoms with E-state index in [2.05, 4.69) is 5.10 Å². The van der Waals surface area contributed by atoms with E-state index < -0.39 is 11.7 Å². The van der Waals surface area contributed by atoms with Gasteiger partial charge in [-0.1, -0.05) is 12.1 Å². The summed E-state index contributed by atoms with van der Waals surface area (Å²) in [6.07, 6.45) is 0.768. The van der Waals surface area contributed by atoms with Crippen LogP contribution >= 0.6 is 0 Å². The summed E-state index contributed by atoms with van der Waals surface area (Å²) < 4.78 is 39.1. The van der Waals surface area contributed by atoms with E-state index in [1.54, 1.807) is 10.9 Å². The third-order valence-corrected chi connectivity index (χ3v) is 3.17. The first-order chi connectivity index (χ1) is 9.36. The fourth-order valence-corrected chi connectivity index (χ4v) is 2.01. The van der Waals surface area contributed by atoms with Crippen LogP contribution in [-0.4, -0.2) is 9.78 Å². The Morgan fingerprint density at radius 3 is 2.40 bits per heavy atom. The molecule has 20 heavy (non-hydrogen) atoms. The van der Waals surface area contributed by atoms with E-state index in [0.717, 1.165) is 24.1 Å². The minimum atomic E-state index is -4.31. The van der Waals surface area contributed by atoms with Gasteiger partial charge < -0.3 is 5.73 Å². The molecule has 1 heterocycles. The number of benzene rings is 1. The molecule has 0 amide bonds. The summed E-state index contributed by atoms with van der Waals surface area (Å²) in [7, 11) is 1.83. The summed E-state index contributed by atoms with van der Waals surface area (Å²) in [6, 6.07) is 4.74. The van der Waals surface area contributed by atoms with Gasteiger partial charge in [0.05, 0.1) is 11.8 Å². The van der Waals surface area contributed by atoms with Crippen molar-refractivity contribution >= 4 is 0 Å². The smallest absolute Gasteiger partial charge is 0.324 e. The lowest BCUT2D eigenvalue weighted by atomic mass is 10.00. The molecular formula is C14H16F3N3. The molecule has 0 aliphatic rings. The van der Waals surface area contributed by atoms with Crippen LogP contribution in [0.15, 0.2) is 36.7 Å². The maximum absolute atomic E-state index is 12.5. The summed E-state index contributed by atoms with van der Waals surface area (Å²) in [5.41, 5.74) is 7.12. The van der Waals surface area contributed by atoms with Crippen LogP contribution in [0.4, 0.5) is 13.2 Å². The maximum atomic E-state index is 12.5. The van der Waals surface area contributed by atoms with Crippen molar-refractivity contribution in [1.82, 2.24) is 9.78 Å². The monoisotopic (exact) mass is 283 g/mol. The third-order valence-electron chi connectivity index (χ3n) is 3.17. The van der Waals surface area contributed by atoms with Crippen molar-refractivity contribution in [2.24, 2.45) is 12.8 Å². The number of halogens is 3. The highest BCUT2D eigenvalue weighted by atomic mass is 19.4. The van der Waals surface area contributed by atoms with E-state index in [9.17, 15) is 13.2 Å². The van der Waals surface area contributed by atoms with Gasteiger partial charge in [-0.15, -0.1) is 0 Å². The number of hydrogen-bond donors (Lipinski definition) is 1. The van der Waals surface area contributed by atoms with Crippen LogP contribution in [0.2, 0.25) is 0 Å². The van der Waals surface area contributed by atoms with Crippen molar-refractivity contribution in [3.8, 4) is 0 Å². The van der Waals surface area contributed by atoms with E-state index in [1.165, 1.54) is 12.1 Å². The third kappa shape index (κ3) is 3.60. The number of nitrogens with two attached hydrogens (primary N) is 1. The molecule has 0 saturated carbocycles. The van der Waals surface area contributed by atoms with Gasteiger partial charge in [0.15, 0.2) is 0 Å². The molecule has 0 aliphatic carbocycles. The van der Waals surface area contributed by atoms with Gasteiger partial charge in [-0.05, 0) is 36.1 Å². The van der Waals surface area contributed by atoms with Crippen molar-refractivity contribution in [3.63, 3.8) is 0 Å². The van der Waals surface area contributed by atoms with E-state index in [1.807, 2.05) is 13.2 Å². The Morgan fingerprint density at radius 1 is 1.25 bits per heavy atom. The van der Waals surface area contributed by atoms with Crippen LogP contribution in [0.25, 0.3) is 0 Å². The second-order valence-electron chi connectivity index (χ2n) is 4.79. The molecule has 0 aliphatic heterocycles. The Bertz CT molecular complexity index is 558. The van der Waals surface area contributed by atoms with Crippen molar-refractivity contribution in [3.05, 3.63) is 53.3 Å². The molecule has 2 rings (SSSR count). The van der Waals surface area contributed by atoms with Crippen LogP contribution in [0, 0.1) is 0 Å². The summed E-state index contributed by atoms with van der Waals surface area (Å²) in [5, 5.41) is 4.06. The largest absolute Gasteiger partial charge is 0.416 e. The number of aromatic nitrogens is 2. The summed E-state index contributed by atoms with van der Waals surface area (Å²) >= 11 is 0. The lowest BCUT2D eigenvalue weighted by molar-refractivity contribution is -0.137. The lowest BCUT2D eigenvalue weighted by Crippen LogP contribution is -2.12. The van der Waals surface area contributed by atoms with Crippen molar-refractivity contribution in [2.75, 3.05) is 0 Å². The first-order valence-corrected chi connectivity index (χ1v) is 6.26. The highest BCUT2D eigenvalue weighted by molar-refractivity contribution is 5.26. The minimum Gasteiger partial charge on any atom is -0.324 e. The van der Waals surface area contributed by atoms with Crippen LogP contribution in [0.3, 0.4) is 0 Å². The molecule has 6 heteroatoms. The van der Waals surface area contributed by atoms with E-state index in [4.69, 9.17) is 5.73 Å². The van der Waals surface area contributed by atoms with Gasteiger partial charge in [0.1, 0.15) is 0 Å². The van der Waals surface area contributed by atoms with Gasteiger partial charge in [-0.25, -0.2) is 0 Å². The van der Waals surface area contributed by atoms with Gasteiger partial charge >= 0.3 is 6.18 Å². The number of aryl methyl sites for hydroxylation is 2. The van der Waals surface area contributed by atoms with Crippen molar-refractivity contribution in [2.45, 2.75) is 25.1 Å². The van der Waals surface area contributed by atoms with E-state index in [0.29, 0.717) is 12.0 Å². The van der Waals surface area contributed by atoms with Gasteiger partial charge in [0, 0.05) is 19.3 Å². The first kappa shape index (κ1) is 14.6. The normalized spacial score (nSPS) is 13.4. The molecule has 0 saturated heterocycles. The number of nitrogens with zero attached hydrogens (tertiary/aromatic N) is 2. The average Bonchev–Trinajstić information content (AvgIpc) is 2.81. The standard InChI is InChI=1S/C14H16F3N3/c1-20-9-10(8-19-20)2-7-13(18)11-3-5-12(6-4-11)14(15,16)17/h3-6,8-9,13H,2,7,18H2,1H3. The molecule has 2 N–H and O–H groups in total. The summed E-state index contributed by atoms with van der Waals surface area (Å²) in [5.74, 6) is 0. The van der Waals surface area contributed by atoms with Crippen LogP contribution in [0.1, 0.15) is 29.2 Å². The molecule has 108 valence electrons. The number of alkyl halides is 3. The van der Waals surface area contributed by atoms with Crippen LogP contribution < -0.4 is 5.73 Å². The van der Waals surface area contributed by atoms with E-state index in [-0.39, 0.29) is 6.04 Å². The number of hydrogen-bond acceptors (Lipinski definition) is 2. The highest BCUT2D eigenvalue weighted by Crippen LogP contribution is 2.30. The fraction of sp³-hybridized carbons (Fsp3) is 0.357. The summed E-state index contributed by atoms with van der Waals surface area (Å²) in [6.45, 7) is 0. The SMILES string of the molecule is Cn1cc(CCC(N)c2ccc(C(F)(F)F)cc2)cn1. The molecule has 0 bridgehead atoms. The Labute approximate surface area is 115 Å². The van der Waals surface area contributed by atoms with Gasteiger partial charge in [0.2, 0.25) is 0 Å². The zero-order valence-corrected chi connectivity index (χ0v) is 11.1. The molecule has 2 aromatic rings. The van der Waals surface area contributed by atoms with Crippen LogP contribution in [0.5, 0.6) is 0 Å². The molecule has 0 fully saturated rings. The van der Waals surface area contributed by atoms with Crippen molar-refractivity contribution in [1.29, 1.82) is 0 Å². The predicted molar refractivity (Wildman–Crippen MR) is 69.9 cm³/mol. The summed E-state index contributed by atoms with van der Waals surface area (Å²) in [4.78, 5) is 0. The molecule has 0 spiro atoms. The Hall–Kier alpha value is -1.82. The molecule has 1 aromatic heterocycles. The van der Waals surface area contributed by atoms with Crippen LogP contribution in [-0.2, 0) is 19.6 Å².